The van der Waals surface area contributed by atoms with Crippen molar-refractivity contribution in [2.75, 3.05) is 5.32 Å². The molecule has 1 aromatic carbocycles. The standard InChI is InChI=1S/C14H8BrClN2O2/c15-13-9(5-7-20-13)14(19)18-11-4-3-10(16)8-2-1-6-17-12(8)11/h1-7H,(H,18,19). The van der Waals surface area contributed by atoms with E-state index in [-0.39, 0.29) is 5.91 Å². The molecule has 4 nitrogen and oxygen atoms in total. The number of carbonyl (C=O) groups excluding carboxylic acids is 1. The van der Waals surface area contributed by atoms with Gasteiger partial charge < -0.3 is 9.73 Å². The number of fused-ring (bicyclic) bond motifs is 1. The van der Waals surface area contributed by atoms with Crippen molar-refractivity contribution in [3.05, 3.63) is 58.0 Å². The molecule has 100 valence electrons. The van der Waals surface area contributed by atoms with Crippen LogP contribution in [0.5, 0.6) is 0 Å². The van der Waals surface area contributed by atoms with Gasteiger partial charge in [0.15, 0.2) is 4.67 Å². The molecular weight excluding hydrogens is 344 g/mol. The van der Waals surface area contributed by atoms with E-state index in [0.717, 1.165) is 5.39 Å². The van der Waals surface area contributed by atoms with E-state index in [2.05, 4.69) is 26.2 Å². The van der Waals surface area contributed by atoms with Crippen LogP contribution < -0.4 is 5.32 Å². The Bertz CT molecular complexity index is 801. The number of pyridine rings is 1. The van der Waals surface area contributed by atoms with Gasteiger partial charge in [-0.15, -0.1) is 0 Å². The summed E-state index contributed by atoms with van der Waals surface area (Å²) in [5.41, 5.74) is 1.67. The second-order valence-electron chi connectivity index (χ2n) is 4.06. The fourth-order valence-corrected chi connectivity index (χ4v) is 2.52. The molecule has 1 amide bonds. The van der Waals surface area contributed by atoms with E-state index in [1.807, 2.05) is 6.07 Å². The Labute approximate surface area is 127 Å². The summed E-state index contributed by atoms with van der Waals surface area (Å²) in [4.78, 5) is 16.4. The number of carbonyl (C=O) groups is 1. The SMILES string of the molecule is O=C(Nc1ccc(Cl)c2cccnc12)c1ccoc1Br. The molecule has 0 saturated heterocycles. The summed E-state index contributed by atoms with van der Waals surface area (Å²) in [6.45, 7) is 0. The van der Waals surface area contributed by atoms with Crippen LogP contribution in [-0.4, -0.2) is 10.9 Å². The molecule has 20 heavy (non-hydrogen) atoms. The van der Waals surface area contributed by atoms with Crippen LogP contribution in [0.15, 0.2) is 51.9 Å². The van der Waals surface area contributed by atoms with Crippen LogP contribution in [-0.2, 0) is 0 Å². The van der Waals surface area contributed by atoms with Gasteiger partial charge in [0, 0.05) is 11.6 Å². The summed E-state index contributed by atoms with van der Waals surface area (Å²) in [7, 11) is 0. The molecule has 3 aromatic rings. The quantitative estimate of drug-likeness (QED) is 0.740. The van der Waals surface area contributed by atoms with E-state index < -0.39 is 0 Å². The van der Waals surface area contributed by atoms with Gasteiger partial charge in [-0.1, -0.05) is 11.6 Å². The molecule has 3 rings (SSSR count). The number of aromatic nitrogens is 1. The van der Waals surface area contributed by atoms with Gasteiger partial charge in [-0.05, 0) is 46.3 Å². The molecular formula is C14H8BrClN2O2. The monoisotopic (exact) mass is 350 g/mol. The molecule has 0 bridgehead atoms. The summed E-state index contributed by atoms with van der Waals surface area (Å²) in [6.07, 6.45) is 3.10. The maximum absolute atomic E-state index is 12.2. The van der Waals surface area contributed by atoms with Gasteiger partial charge in [0.05, 0.1) is 28.1 Å². The number of hydrogen-bond acceptors (Lipinski definition) is 3. The lowest BCUT2D eigenvalue weighted by Crippen LogP contribution is -2.12. The summed E-state index contributed by atoms with van der Waals surface area (Å²) in [5.74, 6) is -0.278. The minimum atomic E-state index is -0.278. The maximum Gasteiger partial charge on any atom is 0.260 e. The molecule has 0 spiro atoms. The van der Waals surface area contributed by atoms with Gasteiger partial charge in [-0.3, -0.25) is 9.78 Å². The number of hydrogen-bond donors (Lipinski definition) is 1. The maximum atomic E-state index is 12.2. The van der Waals surface area contributed by atoms with Gasteiger partial charge in [0.2, 0.25) is 0 Å². The van der Waals surface area contributed by atoms with Crippen molar-refractivity contribution >= 4 is 50.0 Å². The molecule has 2 heterocycles. The summed E-state index contributed by atoms with van der Waals surface area (Å²) in [6, 6.07) is 8.70. The lowest BCUT2D eigenvalue weighted by Gasteiger charge is -2.08. The highest BCUT2D eigenvalue weighted by Gasteiger charge is 2.14. The van der Waals surface area contributed by atoms with E-state index in [0.29, 0.717) is 26.5 Å². The van der Waals surface area contributed by atoms with Crippen molar-refractivity contribution in [3.63, 3.8) is 0 Å². The fraction of sp³-hybridized carbons (Fsp3) is 0. The van der Waals surface area contributed by atoms with Gasteiger partial charge in [0.1, 0.15) is 0 Å². The normalized spacial score (nSPS) is 10.7. The number of halogens is 2. The van der Waals surface area contributed by atoms with E-state index in [1.165, 1.54) is 6.26 Å². The van der Waals surface area contributed by atoms with Crippen molar-refractivity contribution < 1.29 is 9.21 Å². The Morgan fingerprint density at radius 2 is 2.15 bits per heavy atom. The second-order valence-corrected chi connectivity index (χ2v) is 5.18. The molecule has 0 saturated carbocycles. The third-order valence-electron chi connectivity index (χ3n) is 2.83. The number of rotatable bonds is 2. The van der Waals surface area contributed by atoms with Crippen LogP contribution in [0.25, 0.3) is 10.9 Å². The number of amides is 1. The number of benzene rings is 1. The van der Waals surface area contributed by atoms with Crippen LogP contribution in [0.3, 0.4) is 0 Å². The summed E-state index contributed by atoms with van der Waals surface area (Å²) in [5, 5.41) is 4.19. The van der Waals surface area contributed by atoms with Crippen LogP contribution in [0.2, 0.25) is 5.02 Å². The summed E-state index contributed by atoms with van der Waals surface area (Å²) < 4.78 is 5.44. The van der Waals surface area contributed by atoms with Crippen molar-refractivity contribution in [3.8, 4) is 0 Å². The lowest BCUT2D eigenvalue weighted by molar-refractivity contribution is 0.102. The topological polar surface area (TPSA) is 55.1 Å². The first-order valence-electron chi connectivity index (χ1n) is 5.74. The Hall–Kier alpha value is -1.85. The van der Waals surface area contributed by atoms with Crippen LogP contribution in [0.4, 0.5) is 5.69 Å². The predicted molar refractivity (Wildman–Crippen MR) is 81.1 cm³/mol. The zero-order valence-corrected chi connectivity index (χ0v) is 12.4. The van der Waals surface area contributed by atoms with Gasteiger partial charge in [0.25, 0.3) is 5.91 Å². The molecule has 0 aliphatic heterocycles. The van der Waals surface area contributed by atoms with Crippen molar-refractivity contribution in [1.82, 2.24) is 4.98 Å². The van der Waals surface area contributed by atoms with Crippen LogP contribution in [0.1, 0.15) is 10.4 Å². The third kappa shape index (κ3) is 2.30. The zero-order valence-electron chi connectivity index (χ0n) is 10.1. The van der Waals surface area contributed by atoms with E-state index in [1.54, 1.807) is 30.5 Å². The molecule has 0 aliphatic carbocycles. The number of nitrogens with zero attached hydrogens (tertiary/aromatic N) is 1. The first-order valence-corrected chi connectivity index (χ1v) is 6.91. The summed E-state index contributed by atoms with van der Waals surface area (Å²) >= 11 is 9.29. The third-order valence-corrected chi connectivity index (χ3v) is 3.77. The smallest absolute Gasteiger partial charge is 0.260 e. The van der Waals surface area contributed by atoms with E-state index in [4.69, 9.17) is 16.0 Å². The highest BCUT2D eigenvalue weighted by atomic mass is 79.9. The number of nitrogens with one attached hydrogen (secondary N) is 1. The van der Waals surface area contributed by atoms with Gasteiger partial charge >= 0.3 is 0 Å². The Morgan fingerprint density at radius 3 is 2.90 bits per heavy atom. The van der Waals surface area contributed by atoms with Crippen molar-refractivity contribution in [1.29, 1.82) is 0 Å². The minimum absolute atomic E-state index is 0.278. The largest absolute Gasteiger partial charge is 0.457 e. The van der Waals surface area contributed by atoms with Gasteiger partial charge in [-0.2, -0.15) is 0 Å². The Balaban J connectivity index is 2.02. The highest BCUT2D eigenvalue weighted by molar-refractivity contribution is 9.10. The average Bonchev–Trinajstić information content (AvgIpc) is 2.88. The number of furan rings is 1. The fourth-order valence-electron chi connectivity index (χ4n) is 1.88. The van der Waals surface area contributed by atoms with E-state index in [9.17, 15) is 4.79 Å². The molecule has 0 aliphatic rings. The van der Waals surface area contributed by atoms with Gasteiger partial charge in [-0.25, -0.2) is 0 Å². The minimum Gasteiger partial charge on any atom is -0.457 e. The van der Waals surface area contributed by atoms with Crippen molar-refractivity contribution in [2.45, 2.75) is 0 Å². The molecule has 0 unspecified atom stereocenters. The molecule has 0 fully saturated rings. The average molecular weight is 352 g/mol. The van der Waals surface area contributed by atoms with Crippen LogP contribution >= 0.6 is 27.5 Å². The number of anilines is 1. The molecule has 2 aromatic heterocycles. The van der Waals surface area contributed by atoms with Crippen LogP contribution in [0, 0.1) is 0 Å². The second kappa shape index (κ2) is 5.26. The molecule has 0 atom stereocenters. The van der Waals surface area contributed by atoms with E-state index >= 15 is 0 Å². The molecule has 1 N–H and O–H groups in total. The highest BCUT2D eigenvalue weighted by Crippen LogP contribution is 2.28. The predicted octanol–water partition coefficient (Wildman–Crippen LogP) is 4.50. The van der Waals surface area contributed by atoms with Crippen molar-refractivity contribution in [2.24, 2.45) is 0 Å². The molecule has 0 radical (unpaired) electrons. The Kier molecular flexibility index (Phi) is 3.46. The lowest BCUT2D eigenvalue weighted by atomic mass is 10.2. The first kappa shape index (κ1) is 13.1. The first-order chi connectivity index (χ1) is 9.66. The zero-order chi connectivity index (χ0) is 14.1. The molecule has 6 heteroatoms. The Morgan fingerprint density at radius 1 is 1.30 bits per heavy atom.